The van der Waals surface area contributed by atoms with Gasteiger partial charge in [-0.25, -0.2) is 0 Å². The van der Waals surface area contributed by atoms with Crippen LogP contribution in [0.3, 0.4) is 0 Å². The van der Waals surface area contributed by atoms with E-state index in [4.69, 9.17) is 4.42 Å². The molecule has 3 heteroatoms. The lowest BCUT2D eigenvalue weighted by Crippen LogP contribution is -1.98. The molecule has 0 radical (unpaired) electrons. The first-order valence-corrected chi connectivity index (χ1v) is 7.84. The monoisotopic (exact) mass is 286 g/mol. The van der Waals surface area contributed by atoms with Gasteiger partial charge in [-0.1, -0.05) is 24.3 Å². The number of rotatable bonds is 0. The smallest absolute Gasteiger partial charge is 0.162 e. The lowest BCUT2D eigenvalue weighted by molar-refractivity contribution is 0.613. The van der Waals surface area contributed by atoms with Crippen molar-refractivity contribution in [3.63, 3.8) is 0 Å². The number of furan rings is 1. The highest BCUT2D eigenvalue weighted by atomic mass is 16.3. The van der Waals surface area contributed by atoms with Crippen molar-refractivity contribution in [2.75, 3.05) is 0 Å². The zero-order valence-electron chi connectivity index (χ0n) is 12.0. The van der Waals surface area contributed by atoms with Gasteiger partial charge in [-0.3, -0.25) is 0 Å². The topological polar surface area (TPSA) is 23.0 Å². The molecule has 22 heavy (non-hydrogen) atoms. The van der Waals surface area contributed by atoms with Gasteiger partial charge in [0.05, 0.1) is 11.0 Å². The highest BCUT2D eigenvalue weighted by molar-refractivity contribution is 6.20. The SMILES string of the molecule is c1ccc2c(c1)c1oc3c4ccccc4n4c3c1n2CCC4. The standard InChI is InChI=1S/C19H14N2O/c1-3-8-14-12(6-1)18-16-17-19(22-18)13-7-2-4-9-15(13)21(17)11-5-10-20(14)16/h1-4,6-9H,5,10-11H2. The maximum absolute atomic E-state index is 6.37. The van der Waals surface area contributed by atoms with Crippen LogP contribution in [0, 0.1) is 0 Å². The quantitative estimate of drug-likeness (QED) is 0.397. The second kappa shape index (κ2) is 3.55. The number of aromatic nitrogens is 2. The Morgan fingerprint density at radius 2 is 1.18 bits per heavy atom. The summed E-state index contributed by atoms with van der Waals surface area (Å²) in [4.78, 5) is 0. The summed E-state index contributed by atoms with van der Waals surface area (Å²) in [7, 11) is 0. The molecule has 2 aromatic carbocycles. The molecule has 0 unspecified atom stereocenters. The number of hydrogen-bond acceptors (Lipinski definition) is 1. The van der Waals surface area contributed by atoms with Crippen LogP contribution in [0.1, 0.15) is 6.42 Å². The molecule has 0 N–H and O–H groups in total. The zero-order chi connectivity index (χ0) is 14.3. The Bertz CT molecular complexity index is 1110. The Hall–Kier alpha value is -2.68. The molecule has 0 saturated carbocycles. The summed E-state index contributed by atoms with van der Waals surface area (Å²) in [6.07, 6.45) is 1.15. The minimum absolute atomic E-state index is 1.04. The number of hydrogen-bond donors (Lipinski definition) is 0. The number of para-hydroxylation sites is 2. The van der Waals surface area contributed by atoms with E-state index >= 15 is 0 Å². The van der Waals surface area contributed by atoms with Crippen molar-refractivity contribution in [2.45, 2.75) is 19.5 Å². The fourth-order valence-electron chi connectivity index (χ4n) is 4.17. The molecule has 0 amide bonds. The minimum atomic E-state index is 1.04. The van der Waals surface area contributed by atoms with E-state index in [1.807, 2.05) is 0 Å². The molecular weight excluding hydrogens is 272 g/mol. The van der Waals surface area contributed by atoms with Gasteiger partial charge in [0.25, 0.3) is 0 Å². The van der Waals surface area contributed by atoms with Crippen LogP contribution in [0.25, 0.3) is 44.0 Å². The Morgan fingerprint density at radius 1 is 0.682 bits per heavy atom. The summed E-state index contributed by atoms with van der Waals surface area (Å²) in [6.45, 7) is 2.10. The van der Waals surface area contributed by atoms with Crippen LogP contribution >= 0.6 is 0 Å². The summed E-state index contributed by atoms with van der Waals surface area (Å²) in [5.41, 5.74) is 7.20. The Balaban J connectivity index is 2.01. The van der Waals surface area contributed by atoms with Crippen molar-refractivity contribution < 1.29 is 4.42 Å². The minimum Gasteiger partial charge on any atom is -0.451 e. The molecular formula is C19H14N2O. The van der Waals surface area contributed by atoms with E-state index in [2.05, 4.69) is 57.7 Å². The normalized spacial score (nSPS) is 14.7. The zero-order valence-corrected chi connectivity index (χ0v) is 12.0. The summed E-state index contributed by atoms with van der Waals surface area (Å²) in [6, 6.07) is 17.2. The van der Waals surface area contributed by atoms with Gasteiger partial charge in [0.1, 0.15) is 11.0 Å². The van der Waals surface area contributed by atoms with Crippen LogP contribution in [0.15, 0.2) is 52.9 Å². The van der Waals surface area contributed by atoms with E-state index < -0.39 is 0 Å². The molecule has 106 valence electrons. The molecule has 0 atom stereocenters. The van der Waals surface area contributed by atoms with Gasteiger partial charge in [-0.2, -0.15) is 0 Å². The van der Waals surface area contributed by atoms with Gasteiger partial charge in [0.15, 0.2) is 11.2 Å². The molecule has 0 fully saturated rings. The van der Waals surface area contributed by atoms with Crippen LogP contribution in [0.4, 0.5) is 0 Å². The van der Waals surface area contributed by atoms with Crippen LogP contribution in [-0.2, 0) is 13.1 Å². The summed E-state index contributed by atoms with van der Waals surface area (Å²) < 4.78 is 11.3. The molecule has 0 spiro atoms. The first kappa shape index (κ1) is 11.0. The van der Waals surface area contributed by atoms with Crippen molar-refractivity contribution in [2.24, 2.45) is 0 Å². The number of benzene rings is 2. The van der Waals surface area contributed by atoms with Gasteiger partial charge in [0.2, 0.25) is 0 Å². The first-order chi connectivity index (χ1) is 10.9. The lowest BCUT2D eigenvalue weighted by Gasteiger charge is -2.04. The van der Waals surface area contributed by atoms with Gasteiger partial charge in [-0.15, -0.1) is 0 Å². The van der Waals surface area contributed by atoms with Gasteiger partial charge < -0.3 is 13.6 Å². The van der Waals surface area contributed by atoms with Crippen molar-refractivity contribution in [3.8, 4) is 0 Å². The summed E-state index contributed by atoms with van der Waals surface area (Å²) in [5.74, 6) is 0. The Morgan fingerprint density at radius 3 is 1.73 bits per heavy atom. The van der Waals surface area contributed by atoms with E-state index in [-0.39, 0.29) is 0 Å². The van der Waals surface area contributed by atoms with E-state index in [0.717, 1.165) is 30.7 Å². The maximum atomic E-state index is 6.37. The van der Waals surface area contributed by atoms with E-state index in [1.165, 1.54) is 32.8 Å². The lowest BCUT2D eigenvalue weighted by atomic mass is 10.2. The Labute approximate surface area is 126 Å². The van der Waals surface area contributed by atoms with Crippen molar-refractivity contribution in [1.82, 2.24) is 9.13 Å². The highest BCUT2D eigenvalue weighted by Gasteiger charge is 2.25. The fraction of sp³-hybridized carbons (Fsp3) is 0.158. The fourth-order valence-corrected chi connectivity index (χ4v) is 4.17. The summed E-state index contributed by atoms with van der Waals surface area (Å²) >= 11 is 0. The second-order valence-corrected chi connectivity index (χ2v) is 6.15. The Kier molecular flexibility index (Phi) is 1.77. The largest absolute Gasteiger partial charge is 0.451 e. The average Bonchev–Trinajstić information content (AvgIpc) is 3.11. The maximum Gasteiger partial charge on any atom is 0.162 e. The third-order valence-corrected chi connectivity index (χ3v) is 5.04. The van der Waals surface area contributed by atoms with Crippen LogP contribution in [0.2, 0.25) is 0 Å². The third-order valence-electron chi connectivity index (χ3n) is 5.04. The average molecular weight is 286 g/mol. The van der Waals surface area contributed by atoms with Gasteiger partial charge in [-0.05, 0) is 30.7 Å². The number of aryl methyl sites for hydroxylation is 2. The second-order valence-electron chi connectivity index (χ2n) is 6.15. The molecule has 6 rings (SSSR count). The number of fused-ring (bicyclic) bond motifs is 6. The van der Waals surface area contributed by atoms with Crippen LogP contribution < -0.4 is 0 Å². The van der Waals surface area contributed by atoms with E-state index in [9.17, 15) is 0 Å². The van der Waals surface area contributed by atoms with Crippen molar-refractivity contribution in [1.29, 1.82) is 0 Å². The van der Waals surface area contributed by atoms with Crippen LogP contribution in [0.5, 0.6) is 0 Å². The van der Waals surface area contributed by atoms with Crippen molar-refractivity contribution in [3.05, 3.63) is 48.5 Å². The molecule has 0 bridgehead atoms. The third kappa shape index (κ3) is 1.08. The molecule has 4 heterocycles. The molecule has 1 aliphatic rings. The molecule has 0 aliphatic carbocycles. The van der Waals surface area contributed by atoms with Crippen LogP contribution in [-0.4, -0.2) is 9.13 Å². The van der Waals surface area contributed by atoms with E-state index in [0.29, 0.717) is 0 Å². The predicted molar refractivity (Wildman–Crippen MR) is 89.3 cm³/mol. The molecule has 3 aromatic heterocycles. The first-order valence-electron chi connectivity index (χ1n) is 7.84. The van der Waals surface area contributed by atoms with Gasteiger partial charge >= 0.3 is 0 Å². The molecule has 5 aromatic rings. The molecule has 1 aliphatic heterocycles. The van der Waals surface area contributed by atoms with E-state index in [1.54, 1.807) is 0 Å². The molecule has 0 saturated heterocycles. The highest BCUT2D eigenvalue weighted by Crippen LogP contribution is 2.42. The molecule has 3 nitrogen and oxygen atoms in total. The predicted octanol–water partition coefficient (Wildman–Crippen LogP) is 4.90. The van der Waals surface area contributed by atoms with Gasteiger partial charge in [0, 0.05) is 23.9 Å². The van der Waals surface area contributed by atoms with Crippen molar-refractivity contribution >= 4 is 44.0 Å². The summed E-state index contributed by atoms with van der Waals surface area (Å²) in [5, 5.41) is 2.46. The number of nitrogens with zero attached hydrogens (tertiary/aromatic N) is 2.